The Morgan fingerprint density at radius 1 is 0.962 bits per heavy atom. The number of nitrogens with zero attached hydrogens (tertiary/aromatic N) is 5. The molecule has 2 aliphatic rings. The summed E-state index contributed by atoms with van der Waals surface area (Å²) in [7, 11) is 1.61. The first kappa shape index (κ1) is 41.4. The third kappa shape index (κ3) is 11.1. The van der Waals surface area contributed by atoms with Crippen LogP contribution in [0.25, 0.3) is 5.57 Å². The fourth-order valence-electron chi connectivity index (χ4n) is 7.40. The number of hydrazine groups is 1. The molecular weight excluding hydrogens is 706 g/mol. The maximum absolute atomic E-state index is 13.9. The number of carboxylic acids is 1. The quantitative estimate of drug-likeness (QED) is 0.0900. The van der Waals surface area contributed by atoms with Crippen LogP contribution >= 0.6 is 0 Å². The topological polar surface area (TPSA) is 125 Å². The highest BCUT2D eigenvalue weighted by atomic mass is 19.4. The van der Waals surface area contributed by atoms with Crippen molar-refractivity contribution in [3.63, 3.8) is 0 Å². The van der Waals surface area contributed by atoms with Gasteiger partial charge in [-0.3, -0.25) is 4.79 Å². The Morgan fingerprint density at radius 2 is 1.49 bits per heavy atom. The molecule has 1 amide bonds. The van der Waals surface area contributed by atoms with Crippen molar-refractivity contribution < 1.29 is 45.8 Å². The lowest BCUT2D eigenvalue weighted by Crippen LogP contribution is -2.57. The lowest BCUT2D eigenvalue weighted by molar-refractivity contribution is -0.143. The smallest absolute Gasteiger partial charge is 0.416 e. The lowest BCUT2D eigenvalue weighted by atomic mass is 9.81. The van der Waals surface area contributed by atoms with E-state index in [1.54, 1.807) is 23.0 Å². The number of carbonyl (C=O) groups is 2. The van der Waals surface area contributed by atoms with Crippen LogP contribution in [0.4, 0.5) is 37.1 Å². The van der Waals surface area contributed by atoms with Crippen molar-refractivity contribution in [3.8, 4) is 0 Å². The number of hydrogen-bond donors (Lipinski definition) is 2. The summed E-state index contributed by atoms with van der Waals surface area (Å²) in [5, 5.41) is 10.4. The summed E-state index contributed by atoms with van der Waals surface area (Å²) >= 11 is 0. The summed E-state index contributed by atoms with van der Waals surface area (Å²) in [6.45, 7) is 7.42. The number of allylic oxidation sites excluding steroid dienone is 2. The minimum absolute atomic E-state index is 0.0912. The van der Waals surface area contributed by atoms with E-state index in [0.717, 1.165) is 25.7 Å². The van der Waals surface area contributed by atoms with Crippen LogP contribution in [0.5, 0.6) is 0 Å². The molecule has 3 N–H and O–H groups in total. The number of likely N-dealkylation sites (tertiary alicyclic amines) is 1. The zero-order valence-electron chi connectivity index (χ0n) is 30.2. The van der Waals surface area contributed by atoms with Gasteiger partial charge in [0.15, 0.2) is 0 Å². The maximum Gasteiger partial charge on any atom is 0.416 e. The summed E-state index contributed by atoms with van der Waals surface area (Å²) in [5.74, 6) is 5.26. The molecule has 0 bridgehead atoms. The van der Waals surface area contributed by atoms with E-state index >= 15 is 0 Å². The molecule has 1 aliphatic heterocycles. The zero-order chi connectivity index (χ0) is 39.1. The summed E-state index contributed by atoms with van der Waals surface area (Å²) < 4.78 is 88.9. The van der Waals surface area contributed by atoms with Crippen LogP contribution in [-0.4, -0.2) is 68.8 Å². The van der Waals surface area contributed by atoms with Crippen LogP contribution in [0.15, 0.2) is 49.4 Å². The molecule has 53 heavy (non-hydrogen) atoms. The molecule has 1 aromatic heterocycles. The van der Waals surface area contributed by atoms with Gasteiger partial charge in [-0.25, -0.2) is 20.6 Å². The number of benzene rings is 1. The highest BCUT2D eigenvalue weighted by Crippen LogP contribution is 2.39. The molecule has 1 saturated carbocycles. The molecule has 1 unspecified atom stereocenters. The normalized spacial score (nSPS) is 22.6. The van der Waals surface area contributed by atoms with Crippen LogP contribution in [0, 0.1) is 11.8 Å². The molecule has 16 heteroatoms. The van der Waals surface area contributed by atoms with Gasteiger partial charge >= 0.3 is 24.4 Å². The molecule has 1 aliphatic carbocycles. The van der Waals surface area contributed by atoms with Gasteiger partial charge in [0.1, 0.15) is 0 Å². The van der Waals surface area contributed by atoms with Crippen LogP contribution in [0.1, 0.15) is 93.9 Å². The summed E-state index contributed by atoms with van der Waals surface area (Å²) in [6.07, 6.45) is 0.382. The number of halogens is 6. The molecule has 292 valence electrons. The minimum atomic E-state index is -5.02. The van der Waals surface area contributed by atoms with Gasteiger partial charge in [0.05, 0.1) is 17.7 Å². The monoisotopic (exact) mass is 754 g/mol. The Labute approximate surface area is 305 Å². The molecule has 2 fully saturated rings. The van der Waals surface area contributed by atoms with Crippen LogP contribution in [-0.2, 0) is 28.4 Å². The second kappa shape index (κ2) is 17.7. The average molecular weight is 755 g/mol. The number of piperidine rings is 1. The molecule has 2 aromatic rings. The number of rotatable bonds is 13. The highest BCUT2D eigenvalue weighted by molar-refractivity contribution is 5.72. The Balaban J connectivity index is 1.64. The van der Waals surface area contributed by atoms with E-state index in [4.69, 9.17) is 15.7 Å². The van der Waals surface area contributed by atoms with E-state index in [1.165, 1.54) is 23.5 Å². The van der Waals surface area contributed by atoms with Crippen LogP contribution in [0.3, 0.4) is 0 Å². The van der Waals surface area contributed by atoms with Crippen molar-refractivity contribution in [1.82, 2.24) is 19.9 Å². The van der Waals surface area contributed by atoms with Gasteiger partial charge in [-0.05, 0) is 87.0 Å². The number of aromatic nitrogens is 2. The Hall–Kier alpha value is -4.34. The van der Waals surface area contributed by atoms with Gasteiger partial charge in [0, 0.05) is 67.9 Å². The number of alkyl halides is 6. The highest BCUT2D eigenvalue weighted by Gasteiger charge is 2.42. The number of carbonyl (C=O) groups excluding carboxylic acids is 1. The van der Waals surface area contributed by atoms with Crippen LogP contribution in [0.2, 0.25) is 0 Å². The molecule has 0 spiro atoms. The molecule has 0 radical (unpaired) electrons. The first-order chi connectivity index (χ1) is 24.9. The van der Waals surface area contributed by atoms with Crippen LogP contribution < -0.4 is 10.7 Å². The standard InChI is InChI=1S/C37H48F6N6O4/c1-5-26(21-47(4)44)27-18-45-34(46-19-27)48(20-25-12-28(36(38,39)40)15-29(13-25)37(41,42)43)32-16-30(6-2)49(31(7-3)17-32)35(52)53-22-24-10-8-23(9-11-24)14-33(50)51/h5,12-13,15,18-19,21,23-24,30-32H,1,6-11,14,16-17,20,22,44H2,2-4H3,(H,50,51)/b26-21+/t23?,24?,30-,31+,32?. The van der Waals surface area contributed by atoms with Gasteiger partial charge in [-0.15, -0.1) is 0 Å². The first-order valence-electron chi connectivity index (χ1n) is 17.8. The summed E-state index contributed by atoms with van der Waals surface area (Å²) in [6, 6.07) is 0.329. The van der Waals surface area contributed by atoms with E-state index in [1.807, 2.05) is 13.8 Å². The minimum Gasteiger partial charge on any atom is -0.481 e. The largest absolute Gasteiger partial charge is 0.481 e. The first-order valence-corrected chi connectivity index (χ1v) is 17.8. The van der Waals surface area contributed by atoms with Gasteiger partial charge in [0.2, 0.25) is 5.95 Å². The van der Waals surface area contributed by atoms with E-state index in [9.17, 15) is 35.9 Å². The van der Waals surface area contributed by atoms with Crippen molar-refractivity contribution in [2.24, 2.45) is 17.7 Å². The summed E-state index contributed by atoms with van der Waals surface area (Å²) in [5.41, 5.74) is -1.95. The Morgan fingerprint density at radius 3 is 1.94 bits per heavy atom. The number of anilines is 1. The van der Waals surface area contributed by atoms with E-state index in [2.05, 4.69) is 16.5 Å². The third-order valence-corrected chi connectivity index (χ3v) is 10.1. The van der Waals surface area contributed by atoms with Crippen molar-refractivity contribution in [2.75, 3.05) is 18.6 Å². The number of aliphatic carboxylic acids is 1. The predicted octanol–water partition coefficient (Wildman–Crippen LogP) is 8.29. The van der Waals surface area contributed by atoms with Gasteiger partial charge in [0.25, 0.3) is 0 Å². The number of ether oxygens (including phenoxy) is 1. The Bertz CT molecular complexity index is 1550. The van der Waals surface area contributed by atoms with E-state index in [0.29, 0.717) is 49.0 Å². The zero-order valence-corrected chi connectivity index (χ0v) is 30.2. The second-order valence-electron chi connectivity index (χ2n) is 14.0. The Kier molecular flexibility index (Phi) is 13.8. The molecule has 1 aromatic carbocycles. The fraction of sp³-hybridized carbons (Fsp3) is 0.568. The van der Waals surface area contributed by atoms with E-state index in [-0.39, 0.29) is 61.1 Å². The average Bonchev–Trinajstić information content (AvgIpc) is 3.10. The molecule has 3 atom stereocenters. The molecule has 4 rings (SSSR count). The van der Waals surface area contributed by atoms with E-state index < -0.39 is 41.6 Å². The molecule has 1 saturated heterocycles. The van der Waals surface area contributed by atoms with Gasteiger partial charge in [-0.2, -0.15) is 26.3 Å². The lowest BCUT2D eigenvalue weighted by Gasteiger charge is -2.47. The van der Waals surface area contributed by atoms with Gasteiger partial charge in [-0.1, -0.05) is 26.5 Å². The molecule has 2 heterocycles. The number of carboxylic acid groups (broad SMARTS) is 1. The van der Waals surface area contributed by atoms with Gasteiger partial charge < -0.3 is 24.7 Å². The number of nitrogens with two attached hydrogens (primary N) is 1. The SMILES string of the molecule is C=C/C(=C\N(C)N)c1cnc(N(Cc2cc(C(F)(F)F)cc(C(F)(F)F)c2)C2C[C@@H](CC)N(C(=O)OCC3CCC(CC(=O)O)CC3)[C@@H](CC)C2)nc1. The number of hydrogen-bond acceptors (Lipinski definition) is 8. The van der Waals surface area contributed by atoms with Crippen molar-refractivity contribution in [3.05, 3.63) is 71.7 Å². The van der Waals surface area contributed by atoms with Crippen molar-refractivity contribution in [2.45, 2.75) is 109 Å². The van der Waals surface area contributed by atoms with Crippen molar-refractivity contribution >= 4 is 23.6 Å². The third-order valence-electron chi connectivity index (χ3n) is 10.1. The predicted molar refractivity (Wildman–Crippen MR) is 187 cm³/mol. The second-order valence-corrected chi connectivity index (χ2v) is 14.0. The number of amides is 1. The maximum atomic E-state index is 13.9. The fourth-order valence-corrected chi connectivity index (χ4v) is 7.40. The van der Waals surface area contributed by atoms with Crippen molar-refractivity contribution in [1.29, 1.82) is 0 Å². The molecular formula is C37H48F6N6O4. The summed E-state index contributed by atoms with van der Waals surface area (Å²) in [4.78, 5) is 37.1. The molecule has 10 nitrogen and oxygen atoms in total.